The van der Waals surface area contributed by atoms with E-state index in [1.165, 1.54) is 22.5 Å². The van der Waals surface area contributed by atoms with Gasteiger partial charge in [0.05, 0.1) is 11.4 Å². The molecule has 6 rings (SSSR count). The van der Waals surface area contributed by atoms with Crippen LogP contribution >= 0.6 is 11.6 Å². The molecule has 0 radical (unpaired) electrons. The molecular weight excluding hydrogens is 523 g/mol. The van der Waals surface area contributed by atoms with Gasteiger partial charge >= 0.3 is 24.9 Å². The number of benzene rings is 4. The Morgan fingerprint density at radius 1 is 0.780 bits per heavy atom. The van der Waals surface area contributed by atoms with E-state index >= 15 is 0 Å². The molecule has 4 aromatic rings. The van der Waals surface area contributed by atoms with Gasteiger partial charge in [-0.2, -0.15) is 0 Å². The predicted octanol–water partition coefficient (Wildman–Crippen LogP) is 7.27. The first-order chi connectivity index (χ1) is 19.4. The molecule has 4 aromatic carbocycles. The molecule has 0 aliphatic carbocycles. The fourth-order valence-corrected chi connectivity index (χ4v) is 5.55. The Hall–Kier alpha value is -3.46. The van der Waals surface area contributed by atoms with Crippen molar-refractivity contribution in [2.45, 2.75) is 19.3 Å². The van der Waals surface area contributed by atoms with Gasteiger partial charge in [-0.05, 0) is 92.5 Å². The number of para-hydroxylation sites is 3. The van der Waals surface area contributed by atoms with E-state index in [0.717, 1.165) is 59.9 Å². The van der Waals surface area contributed by atoms with E-state index in [9.17, 15) is 4.79 Å². The number of amides is 2. The average Bonchev–Trinajstić information content (AvgIpc) is 3.21. The summed E-state index contributed by atoms with van der Waals surface area (Å²) in [6.45, 7) is 2.11. The first-order valence-corrected chi connectivity index (χ1v) is 14.0. The van der Waals surface area contributed by atoms with Crippen molar-refractivity contribution in [1.29, 1.82) is 0 Å². The first-order valence-electron chi connectivity index (χ1n) is 13.7. The van der Waals surface area contributed by atoms with Gasteiger partial charge in [0, 0.05) is 22.9 Å². The third-order valence-electron chi connectivity index (χ3n) is 7.29. The van der Waals surface area contributed by atoms with E-state index in [4.69, 9.17) is 17.3 Å². The van der Waals surface area contributed by atoms with Gasteiger partial charge in [0.2, 0.25) is 0 Å². The summed E-state index contributed by atoms with van der Waals surface area (Å²) in [5, 5.41) is 0.816. The number of hydrogen-bond acceptors (Lipinski definition) is 3. The topological polar surface area (TPSA) is 52.8 Å². The van der Waals surface area contributed by atoms with Gasteiger partial charge in [-0.3, -0.25) is 4.90 Å². The van der Waals surface area contributed by atoms with Gasteiger partial charge in [0.1, 0.15) is 0 Å². The summed E-state index contributed by atoms with van der Waals surface area (Å²) in [6, 6.07) is 30.0. The summed E-state index contributed by atoms with van der Waals surface area (Å²) in [6.07, 6.45) is 7.30. The number of halogens is 1. The summed E-state index contributed by atoms with van der Waals surface area (Å²) < 4.78 is 0. The average molecular weight is 559 g/mol. The Morgan fingerprint density at radius 3 is 1.90 bits per heavy atom. The number of rotatable bonds is 4. The van der Waals surface area contributed by atoms with Crippen LogP contribution in [0.15, 0.2) is 91.0 Å². The van der Waals surface area contributed by atoms with Crippen LogP contribution in [0.25, 0.3) is 12.2 Å². The SMILES string of the molecule is CN(C)CCCN1c2ccccc2CCc2ccc(Cl)cc21.NC(=O)N1c2ccccc2C=Cc2ccccc21.[LiH]. The molecule has 7 heteroatoms. The van der Waals surface area contributed by atoms with E-state index in [2.05, 4.69) is 60.3 Å². The number of urea groups is 1. The van der Waals surface area contributed by atoms with Crippen LogP contribution in [0.5, 0.6) is 0 Å². The number of nitrogens with two attached hydrogens (primary N) is 1. The summed E-state index contributed by atoms with van der Waals surface area (Å²) in [5.41, 5.74) is 14.5. The summed E-state index contributed by atoms with van der Waals surface area (Å²) in [5.74, 6) is 0. The second-order valence-electron chi connectivity index (χ2n) is 10.3. The molecule has 0 bridgehead atoms. The van der Waals surface area contributed by atoms with E-state index in [0.29, 0.717) is 0 Å². The van der Waals surface area contributed by atoms with Gasteiger partial charge < -0.3 is 15.5 Å². The molecule has 206 valence electrons. The molecule has 0 unspecified atom stereocenters. The van der Waals surface area contributed by atoms with Gasteiger partial charge in [0.25, 0.3) is 0 Å². The monoisotopic (exact) mass is 558 g/mol. The summed E-state index contributed by atoms with van der Waals surface area (Å²) in [7, 11) is 4.25. The van der Waals surface area contributed by atoms with Gasteiger partial charge in [0.15, 0.2) is 0 Å². The Labute approximate surface area is 260 Å². The molecule has 0 saturated heterocycles. The molecule has 0 saturated carbocycles. The zero-order valence-electron chi connectivity index (χ0n) is 23.1. The Morgan fingerprint density at radius 2 is 1.32 bits per heavy atom. The zero-order chi connectivity index (χ0) is 28.1. The second kappa shape index (κ2) is 13.9. The van der Waals surface area contributed by atoms with Crippen LogP contribution in [0.1, 0.15) is 28.7 Å². The number of primary amides is 1. The number of carbonyl (C=O) groups excluding carboxylic acids is 1. The minimum atomic E-state index is -0.474. The Balaban J connectivity index is 0.000000188. The normalized spacial score (nSPS) is 12.9. The predicted molar refractivity (Wildman–Crippen MR) is 176 cm³/mol. The molecule has 2 N–H and O–H groups in total. The number of carbonyl (C=O) groups is 1. The number of nitrogens with zero attached hydrogens (tertiary/aromatic N) is 3. The molecule has 5 nitrogen and oxygen atoms in total. The van der Waals surface area contributed by atoms with Crippen LogP contribution in [0, 0.1) is 0 Å². The molecule has 2 aliphatic heterocycles. The second-order valence-corrected chi connectivity index (χ2v) is 10.8. The quantitative estimate of drug-likeness (QED) is 0.268. The molecule has 2 heterocycles. The minimum absolute atomic E-state index is 0. The third-order valence-corrected chi connectivity index (χ3v) is 7.52. The van der Waals surface area contributed by atoms with Crippen molar-refractivity contribution in [2.24, 2.45) is 5.73 Å². The van der Waals surface area contributed by atoms with Crippen LogP contribution in [0.4, 0.5) is 27.5 Å². The van der Waals surface area contributed by atoms with Crippen molar-refractivity contribution in [3.63, 3.8) is 0 Å². The summed E-state index contributed by atoms with van der Waals surface area (Å²) in [4.78, 5) is 18.0. The number of fused-ring (bicyclic) bond motifs is 4. The molecule has 0 atom stereocenters. The molecule has 2 amide bonds. The van der Waals surface area contributed by atoms with Gasteiger partial charge in [-0.25, -0.2) is 4.79 Å². The molecular formula is C34H36ClLiN4O. The number of aryl methyl sites for hydroxylation is 2. The van der Waals surface area contributed by atoms with Crippen LogP contribution in [-0.2, 0) is 12.8 Å². The maximum absolute atomic E-state index is 11.8. The van der Waals surface area contributed by atoms with Crippen molar-refractivity contribution >= 4 is 71.4 Å². The molecule has 41 heavy (non-hydrogen) atoms. The molecule has 2 aliphatic rings. The fourth-order valence-electron chi connectivity index (χ4n) is 5.38. The van der Waals surface area contributed by atoms with Crippen LogP contribution in [-0.4, -0.2) is 57.0 Å². The molecule has 0 aromatic heterocycles. The van der Waals surface area contributed by atoms with Crippen molar-refractivity contribution in [2.75, 3.05) is 37.0 Å². The zero-order valence-corrected chi connectivity index (χ0v) is 23.8. The van der Waals surface area contributed by atoms with Crippen LogP contribution in [0.2, 0.25) is 5.02 Å². The Kier molecular flexibility index (Phi) is 10.4. The van der Waals surface area contributed by atoms with Crippen LogP contribution in [0.3, 0.4) is 0 Å². The third kappa shape index (κ3) is 7.07. The first kappa shape index (κ1) is 30.5. The van der Waals surface area contributed by atoms with Crippen molar-refractivity contribution in [3.8, 4) is 0 Å². The molecule has 0 fully saturated rings. The number of anilines is 4. The standard InChI is InChI=1S/C19H23ClN2.C15H12N2O.Li.H/c1-21(2)12-5-13-22-18-7-4-3-6-15(18)8-9-16-10-11-17(20)14-19(16)22;16-15(18)17-13-7-3-1-5-11(13)9-10-12-6-2-4-8-14(12)17;;/h3-4,6-7,10-11,14H,5,8-9,12-13H2,1-2H3;1-10H,(H2,16,18);;. The van der Waals surface area contributed by atoms with Crippen molar-refractivity contribution < 1.29 is 4.79 Å². The number of hydrogen-bond donors (Lipinski definition) is 1. The van der Waals surface area contributed by atoms with Crippen molar-refractivity contribution in [1.82, 2.24) is 4.90 Å². The maximum atomic E-state index is 11.8. The molecule has 0 spiro atoms. The van der Waals surface area contributed by atoms with E-state index in [-0.39, 0.29) is 18.9 Å². The Bertz CT molecular complexity index is 1490. The van der Waals surface area contributed by atoms with Gasteiger partial charge in [-0.1, -0.05) is 84.4 Å². The van der Waals surface area contributed by atoms with E-state index in [1.807, 2.05) is 66.7 Å². The van der Waals surface area contributed by atoms with E-state index in [1.54, 1.807) is 4.90 Å². The fraction of sp³-hybridized carbons (Fsp3) is 0.206. The van der Waals surface area contributed by atoms with Gasteiger partial charge in [-0.15, -0.1) is 0 Å². The van der Waals surface area contributed by atoms with Crippen LogP contribution < -0.4 is 15.5 Å². The summed E-state index contributed by atoms with van der Waals surface area (Å²) >= 11 is 6.27. The van der Waals surface area contributed by atoms with Crippen molar-refractivity contribution in [3.05, 3.63) is 118 Å². The van der Waals surface area contributed by atoms with E-state index < -0.39 is 6.03 Å².